The van der Waals surface area contributed by atoms with Crippen LogP contribution < -0.4 is 0 Å². The highest BCUT2D eigenvalue weighted by molar-refractivity contribution is 8.24. The molecule has 2 unspecified atom stereocenters. The average Bonchev–Trinajstić information content (AvgIpc) is 2.67. The van der Waals surface area contributed by atoms with E-state index in [2.05, 4.69) is 54.2 Å². The minimum atomic E-state index is -0.406. The zero-order chi connectivity index (χ0) is 26.0. The highest BCUT2D eigenvalue weighted by Gasteiger charge is 2.33. The highest BCUT2D eigenvalue weighted by atomic mass is 32.2. The van der Waals surface area contributed by atoms with Crippen molar-refractivity contribution in [2.75, 3.05) is 60.5 Å². The van der Waals surface area contributed by atoms with Gasteiger partial charge in [-0.05, 0) is 32.1 Å². The summed E-state index contributed by atoms with van der Waals surface area (Å²) >= 11 is 14.1. The van der Waals surface area contributed by atoms with Gasteiger partial charge in [0.05, 0.1) is 23.7 Å². The number of nitrogens with zero attached hydrogens (tertiary/aromatic N) is 2. The van der Waals surface area contributed by atoms with Crippen molar-refractivity contribution in [3.63, 3.8) is 0 Å². The lowest BCUT2D eigenvalue weighted by Crippen LogP contribution is -2.32. The van der Waals surface area contributed by atoms with Gasteiger partial charge in [-0.1, -0.05) is 81.9 Å². The molecule has 0 aromatic rings. The SMILES string of the molecule is C=C(OCCC(C)(SC(=S)N(C)C)C(=C)OCCSC(=S)N(C)C)C(CC(C)(C)C)P(C)C. The fraction of sp³-hybridized carbons (Fsp3) is 0.750. The summed E-state index contributed by atoms with van der Waals surface area (Å²) in [4.78, 5) is 3.87. The van der Waals surface area contributed by atoms with Crippen molar-refractivity contribution < 1.29 is 9.47 Å². The standard InChI is InChI=1S/C24H45N2O2PS4/c1-18(20(29(11)12)17-23(3,4)5)27-14-13-24(6,33-22(31)26(9)10)19(2)28-15-16-32-21(30)25(7)8/h20H,1-2,13-17H2,3-12H3. The van der Waals surface area contributed by atoms with Crippen LogP contribution in [0.25, 0.3) is 0 Å². The van der Waals surface area contributed by atoms with Gasteiger partial charge in [-0.2, -0.15) is 0 Å². The van der Waals surface area contributed by atoms with Crippen LogP contribution in [0.3, 0.4) is 0 Å². The van der Waals surface area contributed by atoms with Gasteiger partial charge in [0.25, 0.3) is 0 Å². The van der Waals surface area contributed by atoms with Gasteiger partial charge in [0, 0.05) is 46.0 Å². The van der Waals surface area contributed by atoms with Crippen LogP contribution in [0, 0.1) is 5.41 Å². The first-order valence-electron chi connectivity index (χ1n) is 11.0. The number of hydrogen-bond acceptors (Lipinski definition) is 6. The lowest BCUT2D eigenvalue weighted by molar-refractivity contribution is 0.164. The second-order valence-electron chi connectivity index (χ2n) is 10.1. The molecule has 0 saturated heterocycles. The van der Waals surface area contributed by atoms with Crippen molar-refractivity contribution in [3.8, 4) is 0 Å². The number of rotatable bonds is 13. The van der Waals surface area contributed by atoms with E-state index in [1.165, 1.54) is 0 Å². The number of hydrogen-bond donors (Lipinski definition) is 0. The predicted molar refractivity (Wildman–Crippen MR) is 162 cm³/mol. The van der Waals surface area contributed by atoms with Gasteiger partial charge in [0.2, 0.25) is 0 Å². The van der Waals surface area contributed by atoms with E-state index >= 15 is 0 Å². The van der Waals surface area contributed by atoms with Crippen LogP contribution in [0.4, 0.5) is 0 Å². The maximum absolute atomic E-state index is 6.21. The molecular formula is C24H45N2O2PS4. The van der Waals surface area contributed by atoms with Crippen molar-refractivity contribution in [2.45, 2.75) is 50.9 Å². The maximum Gasteiger partial charge on any atom is 0.136 e. The van der Waals surface area contributed by atoms with E-state index in [1.54, 1.807) is 23.5 Å². The van der Waals surface area contributed by atoms with Gasteiger partial charge in [0.1, 0.15) is 14.4 Å². The molecule has 4 nitrogen and oxygen atoms in total. The lowest BCUT2D eigenvalue weighted by atomic mass is 9.90. The van der Waals surface area contributed by atoms with Crippen molar-refractivity contribution in [3.05, 3.63) is 24.7 Å². The first-order chi connectivity index (χ1) is 15.0. The monoisotopic (exact) mass is 552 g/mol. The fourth-order valence-electron chi connectivity index (χ4n) is 2.74. The van der Waals surface area contributed by atoms with Gasteiger partial charge >= 0.3 is 0 Å². The first kappa shape index (κ1) is 33.0. The Hall–Kier alpha value is -0.0100. The summed E-state index contributed by atoms with van der Waals surface area (Å²) in [6.07, 6.45) is 1.80. The summed E-state index contributed by atoms with van der Waals surface area (Å²) < 4.78 is 13.5. The Morgan fingerprint density at radius 1 is 0.939 bits per heavy atom. The van der Waals surface area contributed by atoms with Crippen molar-refractivity contribution in [2.24, 2.45) is 5.41 Å². The molecule has 2 atom stereocenters. The van der Waals surface area contributed by atoms with E-state index in [0.717, 1.165) is 33.0 Å². The van der Waals surface area contributed by atoms with Gasteiger partial charge < -0.3 is 19.3 Å². The Morgan fingerprint density at radius 3 is 1.94 bits per heavy atom. The third-order valence-corrected chi connectivity index (χ3v) is 10.3. The summed E-state index contributed by atoms with van der Waals surface area (Å²) in [5.74, 6) is 2.37. The smallest absolute Gasteiger partial charge is 0.136 e. The van der Waals surface area contributed by atoms with Crippen LogP contribution in [0.1, 0.15) is 40.5 Å². The van der Waals surface area contributed by atoms with Crippen molar-refractivity contribution in [1.29, 1.82) is 0 Å². The van der Waals surface area contributed by atoms with E-state index in [4.69, 9.17) is 33.9 Å². The van der Waals surface area contributed by atoms with Gasteiger partial charge in [0.15, 0.2) is 0 Å². The fourth-order valence-corrected chi connectivity index (χ4v) is 6.64. The van der Waals surface area contributed by atoms with Crippen molar-refractivity contribution >= 4 is 64.5 Å². The number of ether oxygens (including phenoxy) is 2. The second-order valence-corrected chi connectivity index (χ2v) is 16.5. The van der Waals surface area contributed by atoms with E-state index in [1.807, 2.05) is 38.0 Å². The zero-order valence-corrected chi connectivity index (χ0v) is 26.5. The van der Waals surface area contributed by atoms with Crippen LogP contribution in [0.15, 0.2) is 24.7 Å². The Morgan fingerprint density at radius 2 is 1.48 bits per heavy atom. The number of allylic oxidation sites excluding steroid dienone is 1. The van der Waals surface area contributed by atoms with Crippen LogP contribution in [0.5, 0.6) is 0 Å². The number of thioether (sulfide) groups is 2. The van der Waals surface area contributed by atoms with E-state index < -0.39 is 4.75 Å². The molecule has 0 aromatic heterocycles. The molecule has 0 spiro atoms. The summed E-state index contributed by atoms with van der Waals surface area (Å²) in [7, 11) is 7.63. The first-order valence-corrected chi connectivity index (χ1v) is 16.0. The average molecular weight is 553 g/mol. The summed E-state index contributed by atoms with van der Waals surface area (Å²) in [5, 5.41) is 0. The summed E-state index contributed by atoms with van der Waals surface area (Å²) in [5.41, 5.74) is 0.625. The molecule has 0 heterocycles. The topological polar surface area (TPSA) is 24.9 Å². The summed E-state index contributed by atoms with van der Waals surface area (Å²) in [6, 6.07) is 0. The highest BCUT2D eigenvalue weighted by Crippen LogP contribution is 2.44. The van der Waals surface area contributed by atoms with Gasteiger partial charge in [-0.15, -0.1) is 7.92 Å². The molecule has 0 rings (SSSR count). The third kappa shape index (κ3) is 13.6. The molecule has 0 aliphatic rings. The Labute approximate surface area is 224 Å². The van der Waals surface area contributed by atoms with Crippen LogP contribution in [0.2, 0.25) is 0 Å². The third-order valence-electron chi connectivity index (χ3n) is 4.89. The molecular weight excluding hydrogens is 508 g/mol. The molecule has 0 fully saturated rings. The van der Waals surface area contributed by atoms with E-state index in [9.17, 15) is 0 Å². The Bertz CT molecular complexity index is 678. The minimum Gasteiger partial charge on any atom is -0.498 e. The minimum absolute atomic E-state index is 0.183. The van der Waals surface area contributed by atoms with E-state index in [-0.39, 0.29) is 13.3 Å². The molecule has 0 N–H and O–H groups in total. The second kappa shape index (κ2) is 15.2. The maximum atomic E-state index is 6.21. The van der Waals surface area contributed by atoms with E-state index in [0.29, 0.717) is 24.6 Å². The molecule has 192 valence electrons. The molecule has 0 aliphatic carbocycles. The lowest BCUT2D eigenvalue weighted by Gasteiger charge is -2.34. The van der Waals surface area contributed by atoms with Crippen LogP contribution in [-0.2, 0) is 9.47 Å². The Kier molecular flexibility index (Phi) is 15.2. The number of thiocarbonyl (C=S) groups is 2. The van der Waals surface area contributed by atoms with Crippen molar-refractivity contribution in [1.82, 2.24) is 9.80 Å². The molecule has 33 heavy (non-hydrogen) atoms. The predicted octanol–water partition coefficient (Wildman–Crippen LogP) is 6.90. The molecule has 9 heteroatoms. The zero-order valence-electron chi connectivity index (χ0n) is 22.3. The normalized spacial score (nSPS) is 14.3. The quantitative estimate of drug-likeness (QED) is 0.105. The largest absolute Gasteiger partial charge is 0.498 e. The molecule has 0 bridgehead atoms. The van der Waals surface area contributed by atoms with Gasteiger partial charge in [-0.25, -0.2) is 0 Å². The van der Waals surface area contributed by atoms with Crippen LogP contribution in [-0.4, -0.2) is 89.3 Å². The molecule has 0 saturated carbocycles. The van der Waals surface area contributed by atoms with Crippen LogP contribution >= 0.6 is 55.9 Å². The van der Waals surface area contributed by atoms with Gasteiger partial charge in [-0.3, -0.25) is 0 Å². The molecule has 0 aromatic carbocycles. The molecule has 0 aliphatic heterocycles. The molecule has 0 amide bonds. The summed E-state index contributed by atoms with van der Waals surface area (Å²) in [6.45, 7) is 23.2. The molecule has 0 radical (unpaired) electrons. The Balaban J connectivity index is 5.11.